The molecule has 0 aliphatic carbocycles. The van der Waals surface area contributed by atoms with Gasteiger partial charge in [0.05, 0.1) is 0 Å². The second kappa shape index (κ2) is 9.60. The first-order valence-electron chi connectivity index (χ1n) is 6.23. The normalized spacial score (nSPS) is 11.1. The van der Waals surface area contributed by atoms with Crippen molar-refractivity contribution in [3.05, 3.63) is 0 Å². The lowest BCUT2D eigenvalue weighted by molar-refractivity contribution is -0.120. The molecule has 4 heteroatoms. The van der Waals surface area contributed by atoms with Crippen molar-refractivity contribution in [2.45, 2.75) is 33.1 Å². The molecule has 0 aromatic heterocycles. The van der Waals surface area contributed by atoms with Gasteiger partial charge in [0.2, 0.25) is 5.91 Å². The van der Waals surface area contributed by atoms with E-state index < -0.39 is 0 Å². The van der Waals surface area contributed by atoms with Crippen molar-refractivity contribution in [1.82, 2.24) is 10.2 Å². The van der Waals surface area contributed by atoms with Crippen LogP contribution < -0.4 is 11.1 Å². The van der Waals surface area contributed by atoms with E-state index >= 15 is 0 Å². The summed E-state index contributed by atoms with van der Waals surface area (Å²) < 4.78 is 0. The molecule has 16 heavy (non-hydrogen) atoms. The maximum Gasteiger partial charge on any atom is 0.219 e. The van der Waals surface area contributed by atoms with E-state index in [0.29, 0.717) is 12.3 Å². The summed E-state index contributed by atoms with van der Waals surface area (Å²) in [6, 6.07) is 0. The van der Waals surface area contributed by atoms with E-state index in [0.717, 1.165) is 39.0 Å². The third-order valence-corrected chi connectivity index (χ3v) is 2.46. The third kappa shape index (κ3) is 8.68. The lowest BCUT2D eigenvalue weighted by Crippen LogP contribution is -2.31. The highest BCUT2D eigenvalue weighted by Gasteiger charge is 2.07. The Hall–Kier alpha value is -0.610. The Morgan fingerprint density at radius 3 is 2.44 bits per heavy atom. The van der Waals surface area contributed by atoms with E-state index in [1.165, 1.54) is 0 Å². The minimum absolute atomic E-state index is 0.128. The van der Waals surface area contributed by atoms with E-state index in [2.05, 4.69) is 24.1 Å². The minimum Gasteiger partial charge on any atom is -0.359 e. The van der Waals surface area contributed by atoms with Crippen LogP contribution >= 0.6 is 0 Å². The number of amides is 1. The molecule has 0 aliphatic heterocycles. The number of nitrogens with two attached hydrogens (primary N) is 1. The van der Waals surface area contributed by atoms with Gasteiger partial charge in [-0.05, 0) is 38.4 Å². The Balaban J connectivity index is 3.77. The van der Waals surface area contributed by atoms with Gasteiger partial charge in [-0.25, -0.2) is 0 Å². The smallest absolute Gasteiger partial charge is 0.219 e. The molecular formula is C12H27N3O. The van der Waals surface area contributed by atoms with Gasteiger partial charge in [-0.3, -0.25) is 4.79 Å². The number of carbonyl (C=O) groups is 1. The fourth-order valence-corrected chi connectivity index (χ4v) is 1.71. The van der Waals surface area contributed by atoms with Gasteiger partial charge < -0.3 is 16.0 Å². The highest BCUT2D eigenvalue weighted by atomic mass is 16.1. The van der Waals surface area contributed by atoms with Crippen LogP contribution in [-0.2, 0) is 4.79 Å². The summed E-state index contributed by atoms with van der Waals surface area (Å²) in [4.78, 5) is 13.5. The fourth-order valence-electron chi connectivity index (χ4n) is 1.71. The van der Waals surface area contributed by atoms with Crippen molar-refractivity contribution in [2.75, 3.05) is 33.2 Å². The molecule has 0 aliphatic rings. The number of nitrogens with one attached hydrogen (secondary N) is 1. The molecule has 0 unspecified atom stereocenters. The van der Waals surface area contributed by atoms with Crippen LogP contribution in [0.25, 0.3) is 0 Å². The molecule has 0 rings (SSSR count). The third-order valence-electron chi connectivity index (χ3n) is 2.46. The molecule has 0 saturated heterocycles. The highest BCUT2D eigenvalue weighted by Crippen LogP contribution is 2.02. The average molecular weight is 229 g/mol. The quantitative estimate of drug-likeness (QED) is 0.615. The highest BCUT2D eigenvalue weighted by molar-refractivity contribution is 5.75. The first kappa shape index (κ1) is 15.4. The van der Waals surface area contributed by atoms with Gasteiger partial charge in [-0.2, -0.15) is 0 Å². The zero-order valence-corrected chi connectivity index (χ0v) is 11.0. The molecule has 0 aromatic rings. The van der Waals surface area contributed by atoms with Gasteiger partial charge >= 0.3 is 0 Å². The van der Waals surface area contributed by atoms with Crippen molar-refractivity contribution < 1.29 is 4.79 Å². The van der Waals surface area contributed by atoms with Crippen molar-refractivity contribution in [1.29, 1.82) is 0 Å². The van der Waals surface area contributed by atoms with Crippen LogP contribution in [0.4, 0.5) is 0 Å². The number of hydrogen-bond donors (Lipinski definition) is 2. The van der Waals surface area contributed by atoms with Crippen LogP contribution in [-0.4, -0.2) is 44.0 Å². The summed E-state index contributed by atoms with van der Waals surface area (Å²) in [5, 5.41) is 2.65. The topological polar surface area (TPSA) is 58.4 Å². The Kier molecular flexibility index (Phi) is 9.24. The monoisotopic (exact) mass is 229 g/mol. The van der Waals surface area contributed by atoms with Gasteiger partial charge in [-0.15, -0.1) is 0 Å². The molecule has 0 fully saturated rings. The molecule has 0 heterocycles. The van der Waals surface area contributed by atoms with Crippen molar-refractivity contribution in [2.24, 2.45) is 11.7 Å². The zero-order chi connectivity index (χ0) is 12.4. The first-order chi connectivity index (χ1) is 7.60. The van der Waals surface area contributed by atoms with E-state index in [9.17, 15) is 4.79 Å². The molecule has 4 nitrogen and oxygen atoms in total. The number of hydrogen-bond acceptors (Lipinski definition) is 3. The average Bonchev–Trinajstić information content (AvgIpc) is 2.24. The second-order valence-corrected chi connectivity index (χ2v) is 4.61. The van der Waals surface area contributed by atoms with Gasteiger partial charge in [0, 0.05) is 20.0 Å². The van der Waals surface area contributed by atoms with E-state index in [1.54, 1.807) is 7.05 Å². The van der Waals surface area contributed by atoms with Gasteiger partial charge in [0.25, 0.3) is 0 Å². The molecule has 96 valence electrons. The first-order valence-corrected chi connectivity index (χ1v) is 6.23. The standard InChI is InChI=1S/C12H27N3O/c1-11(2)10-15(9-5-7-13)8-4-6-12(16)14-3/h11H,4-10,13H2,1-3H3,(H,14,16). The van der Waals surface area contributed by atoms with E-state index in [1.807, 2.05) is 0 Å². The van der Waals surface area contributed by atoms with Gasteiger partial charge in [0.15, 0.2) is 0 Å². The van der Waals surface area contributed by atoms with Crippen molar-refractivity contribution in [3.63, 3.8) is 0 Å². The molecule has 3 N–H and O–H groups in total. The molecule has 0 spiro atoms. The summed E-state index contributed by atoms with van der Waals surface area (Å²) in [6.07, 6.45) is 2.58. The summed E-state index contributed by atoms with van der Waals surface area (Å²) in [7, 11) is 1.68. The van der Waals surface area contributed by atoms with Crippen molar-refractivity contribution >= 4 is 5.91 Å². The lowest BCUT2D eigenvalue weighted by Gasteiger charge is -2.23. The van der Waals surface area contributed by atoms with Gasteiger partial charge in [0.1, 0.15) is 0 Å². The molecule has 0 bridgehead atoms. The maximum atomic E-state index is 11.1. The van der Waals surface area contributed by atoms with Crippen LogP contribution in [0.2, 0.25) is 0 Å². The lowest BCUT2D eigenvalue weighted by atomic mass is 10.2. The van der Waals surface area contributed by atoms with Crippen LogP contribution in [0.3, 0.4) is 0 Å². The second-order valence-electron chi connectivity index (χ2n) is 4.61. The summed E-state index contributed by atoms with van der Waals surface area (Å²) >= 11 is 0. The summed E-state index contributed by atoms with van der Waals surface area (Å²) in [6.45, 7) is 8.30. The molecule has 1 amide bonds. The van der Waals surface area contributed by atoms with Crippen LogP contribution in [0, 0.1) is 5.92 Å². The molecule has 0 radical (unpaired) electrons. The summed E-state index contributed by atoms with van der Waals surface area (Å²) in [5.41, 5.74) is 5.52. The minimum atomic E-state index is 0.128. The summed E-state index contributed by atoms with van der Waals surface area (Å²) in [5.74, 6) is 0.793. The Morgan fingerprint density at radius 1 is 1.31 bits per heavy atom. The molecular weight excluding hydrogens is 202 g/mol. The number of rotatable bonds is 9. The maximum absolute atomic E-state index is 11.1. The largest absolute Gasteiger partial charge is 0.359 e. The fraction of sp³-hybridized carbons (Fsp3) is 0.917. The van der Waals surface area contributed by atoms with Crippen molar-refractivity contribution in [3.8, 4) is 0 Å². The zero-order valence-electron chi connectivity index (χ0n) is 11.0. The van der Waals surface area contributed by atoms with Crippen LogP contribution in [0.5, 0.6) is 0 Å². The molecule has 0 atom stereocenters. The Morgan fingerprint density at radius 2 is 1.94 bits per heavy atom. The number of nitrogens with zero attached hydrogens (tertiary/aromatic N) is 1. The Labute approximate surface area is 99.6 Å². The Bertz CT molecular complexity index is 183. The predicted molar refractivity (Wildman–Crippen MR) is 68.3 cm³/mol. The molecule has 0 aromatic carbocycles. The van der Waals surface area contributed by atoms with E-state index in [4.69, 9.17) is 5.73 Å². The van der Waals surface area contributed by atoms with Crippen LogP contribution in [0.15, 0.2) is 0 Å². The van der Waals surface area contributed by atoms with Gasteiger partial charge in [-0.1, -0.05) is 13.8 Å². The SMILES string of the molecule is CNC(=O)CCCN(CCCN)CC(C)C. The number of carbonyl (C=O) groups excluding carboxylic acids is 1. The molecule has 0 saturated carbocycles. The van der Waals surface area contributed by atoms with E-state index in [-0.39, 0.29) is 5.91 Å². The van der Waals surface area contributed by atoms with Crippen LogP contribution in [0.1, 0.15) is 33.1 Å². The predicted octanol–water partition coefficient (Wildman–Crippen LogP) is 0.819.